The van der Waals surface area contributed by atoms with Gasteiger partial charge in [0.05, 0.1) is 0 Å². The van der Waals surface area contributed by atoms with Crippen LogP contribution < -0.4 is 5.32 Å². The number of carboxylic acids is 1. The van der Waals surface area contributed by atoms with Crippen LogP contribution in [0.3, 0.4) is 0 Å². The first-order valence-corrected chi connectivity index (χ1v) is 9.64. The molecule has 0 spiro atoms. The molecule has 0 fully saturated rings. The van der Waals surface area contributed by atoms with Gasteiger partial charge >= 0.3 is 57.4 Å². The Morgan fingerprint density at radius 3 is 1.48 bits per heavy atom. The molecule has 1 atom stereocenters. The van der Waals surface area contributed by atoms with Crippen molar-refractivity contribution in [1.82, 2.24) is 5.32 Å². The zero-order valence-corrected chi connectivity index (χ0v) is 15.0. The number of hydrogen-bond donors (Lipinski definition) is 2. The monoisotopic (exact) mass is 353 g/mol. The molecule has 3 nitrogen and oxygen atoms in total. The third-order valence-corrected chi connectivity index (χ3v) is 4.35. The van der Waals surface area contributed by atoms with Crippen LogP contribution in [-0.2, 0) is 4.79 Å². The molecular weight excluding hydrogens is 313 g/mol. The maximum atomic E-state index is 10.6. The molecule has 2 N–H and O–H groups in total. The quantitative estimate of drug-likeness (QED) is 0.289. The molecule has 134 valence electrons. The molecule has 0 aliphatic carbocycles. The van der Waals surface area contributed by atoms with Gasteiger partial charge in [0.1, 0.15) is 6.04 Å². The first-order valence-electron chi connectivity index (χ1n) is 9.64. The van der Waals surface area contributed by atoms with Gasteiger partial charge in [0, 0.05) is 0 Å². The second kappa shape index (κ2) is 21.1. The number of unbranched alkanes of at least 4 members (excludes halogenated alkanes) is 13. The molecule has 23 heavy (non-hydrogen) atoms. The normalized spacial score (nSPS) is 11.9. The third-order valence-electron chi connectivity index (χ3n) is 4.35. The van der Waals surface area contributed by atoms with E-state index in [1.807, 2.05) is 0 Å². The van der Waals surface area contributed by atoms with Crippen molar-refractivity contribution in [2.24, 2.45) is 0 Å². The van der Waals surface area contributed by atoms with Crippen molar-refractivity contribution < 1.29 is 9.90 Å². The second-order valence-electron chi connectivity index (χ2n) is 6.61. The van der Waals surface area contributed by atoms with Crippen molar-refractivity contribution in [2.75, 3.05) is 6.54 Å². The van der Waals surface area contributed by atoms with Crippen molar-refractivity contribution in [1.29, 1.82) is 0 Å². The molecule has 0 aliphatic heterocycles. The summed E-state index contributed by atoms with van der Waals surface area (Å²) >= 11 is 0. The number of hydrogen-bond acceptors (Lipinski definition) is 2. The van der Waals surface area contributed by atoms with Crippen LogP contribution in [0.25, 0.3) is 0 Å². The first-order chi connectivity index (χ1) is 10.7. The zero-order valence-electron chi connectivity index (χ0n) is 15.0. The van der Waals surface area contributed by atoms with E-state index in [-0.39, 0.29) is 51.4 Å². The van der Waals surface area contributed by atoms with Crippen LogP contribution in [-0.4, -0.2) is 75.0 Å². The molecule has 0 aromatic carbocycles. The molecule has 0 rings (SSSR count). The fourth-order valence-electron chi connectivity index (χ4n) is 2.73. The molecule has 0 radical (unpaired) electrons. The predicted molar refractivity (Wildman–Crippen MR) is 103 cm³/mol. The molecule has 0 heterocycles. The van der Waals surface area contributed by atoms with Crippen LogP contribution >= 0.6 is 0 Å². The molecule has 0 aromatic rings. The summed E-state index contributed by atoms with van der Waals surface area (Å²) in [5.41, 5.74) is 0. The summed E-state index contributed by atoms with van der Waals surface area (Å²) in [7, 11) is 0. The second-order valence-corrected chi connectivity index (χ2v) is 6.61. The number of nitrogens with one attached hydrogen (secondary N) is 1. The van der Waals surface area contributed by atoms with E-state index in [0.717, 1.165) is 13.0 Å². The van der Waals surface area contributed by atoms with Crippen LogP contribution in [0.4, 0.5) is 0 Å². The van der Waals surface area contributed by atoms with Gasteiger partial charge in [-0.25, -0.2) is 0 Å². The first kappa shape index (κ1) is 26.3. The van der Waals surface area contributed by atoms with Gasteiger partial charge < -0.3 is 10.4 Å². The van der Waals surface area contributed by atoms with Gasteiger partial charge in [-0.3, -0.25) is 4.79 Å². The minimum absolute atomic E-state index is 0. The number of aliphatic carboxylic acids is 1. The zero-order chi connectivity index (χ0) is 16.5. The summed E-state index contributed by atoms with van der Waals surface area (Å²) in [6.07, 6.45) is 19.0. The van der Waals surface area contributed by atoms with Crippen molar-refractivity contribution in [2.45, 2.75) is 110 Å². The Morgan fingerprint density at radius 2 is 1.13 bits per heavy atom. The van der Waals surface area contributed by atoms with Gasteiger partial charge in [-0.1, -0.05) is 90.4 Å². The van der Waals surface area contributed by atoms with Gasteiger partial charge in [-0.05, 0) is 19.9 Å². The number of rotatable bonds is 17. The molecule has 0 unspecified atom stereocenters. The van der Waals surface area contributed by atoms with Gasteiger partial charge in [0.2, 0.25) is 0 Å². The summed E-state index contributed by atoms with van der Waals surface area (Å²) in [4.78, 5) is 10.6. The van der Waals surface area contributed by atoms with Gasteiger partial charge in [-0.15, -0.1) is 0 Å². The SMILES string of the molecule is CCCCCCCCCCCCCCCCN[C@@H](C)C(=O)O.[KH]. The van der Waals surface area contributed by atoms with E-state index in [9.17, 15) is 4.79 Å². The Bertz CT molecular complexity index is 250. The standard InChI is InChI=1S/C19H39NO2.K.H/c1-3-4-5-6-7-8-9-10-11-12-13-14-15-16-17-20-18(2)19(21)22;;/h18,20H,3-17H2,1-2H3,(H,21,22);;/t18-;;/m0../s1. The Balaban J connectivity index is 0. The van der Waals surface area contributed by atoms with E-state index >= 15 is 0 Å². The summed E-state index contributed by atoms with van der Waals surface area (Å²) in [5.74, 6) is -0.759. The van der Waals surface area contributed by atoms with E-state index in [2.05, 4.69) is 12.2 Å². The molecular formula is C19H40KNO2. The topological polar surface area (TPSA) is 49.3 Å². The predicted octanol–water partition coefficient (Wildman–Crippen LogP) is 4.88. The van der Waals surface area contributed by atoms with Crippen molar-refractivity contribution in [3.63, 3.8) is 0 Å². The van der Waals surface area contributed by atoms with E-state index in [1.165, 1.54) is 83.5 Å². The molecule has 0 amide bonds. The Kier molecular flexibility index (Phi) is 24.1. The average molecular weight is 354 g/mol. The third kappa shape index (κ3) is 21.0. The molecule has 0 saturated heterocycles. The van der Waals surface area contributed by atoms with Crippen LogP contribution in [0.2, 0.25) is 0 Å². The molecule has 4 heteroatoms. The Morgan fingerprint density at radius 1 is 0.783 bits per heavy atom. The Labute approximate surface area is 187 Å². The summed E-state index contributed by atoms with van der Waals surface area (Å²) in [6, 6.07) is -0.415. The molecule has 0 saturated carbocycles. The molecule has 0 aromatic heterocycles. The fraction of sp³-hybridized carbons (Fsp3) is 0.947. The summed E-state index contributed by atoms with van der Waals surface area (Å²) in [6.45, 7) is 4.80. The van der Waals surface area contributed by atoms with E-state index in [1.54, 1.807) is 6.92 Å². The fourth-order valence-corrected chi connectivity index (χ4v) is 2.73. The van der Waals surface area contributed by atoms with Crippen LogP contribution in [0, 0.1) is 0 Å². The van der Waals surface area contributed by atoms with Gasteiger partial charge in [0.15, 0.2) is 0 Å². The average Bonchev–Trinajstić information content (AvgIpc) is 2.50. The summed E-state index contributed by atoms with van der Waals surface area (Å²) in [5, 5.41) is 11.8. The summed E-state index contributed by atoms with van der Waals surface area (Å²) < 4.78 is 0. The molecule has 0 bridgehead atoms. The van der Waals surface area contributed by atoms with Gasteiger partial charge in [0.25, 0.3) is 0 Å². The van der Waals surface area contributed by atoms with E-state index in [0.29, 0.717) is 0 Å². The van der Waals surface area contributed by atoms with Crippen LogP contribution in [0.15, 0.2) is 0 Å². The van der Waals surface area contributed by atoms with E-state index < -0.39 is 12.0 Å². The van der Waals surface area contributed by atoms with Crippen LogP contribution in [0.1, 0.15) is 104 Å². The van der Waals surface area contributed by atoms with E-state index in [4.69, 9.17) is 5.11 Å². The Hall–Kier alpha value is 1.07. The number of carboxylic acid groups (broad SMARTS) is 1. The van der Waals surface area contributed by atoms with Crippen molar-refractivity contribution >= 4 is 57.4 Å². The van der Waals surface area contributed by atoms with Crippen molar-refractivity contribution in [3.8, 4) is 0 Å². The minimum atomic E-state index is -0.759. The van der Waals surface area contributed by atoms with Gasteiger partial charge in [-0.2, -0.15) is 0 Å². The maximum absolute atomic E-state index is 10.6. The van der Waals surface area contributed by atoms with Crippen LogP contribution in [0.5, 0.6) is 0 Å². The van der Waals surface area contributed by atoms with Crippen molar-refractivity contribution in [3.05, 3.63) is 0 Å². The number of carbonyl (C=O) groups is 1. The molecule has 0 aliphatic rings.